The van der Waals surface area contributed by atoms with Crippen molar-refractivity contribution >= 4 is 17.4 Å². The Balaban J connectivity index is 2.64. The Kier molecular flexibility index (Phi) is 3.49. The van der Waals surface area contributed by atoms with E-state index in [-0.39, 0.29) is 11.7 Å². The van der Waals surface area contributed by atoms with E-state index >= 15 is 0 Å². The van der Waals surface area contributed by atoms with Gasteiger partial charge >= 0.3 is 0 Å². The second-order valence-electron chi connectivity index (χ2n) is 3.34. The quantitative estimate of drug-likeness (QED) is 0.726. The van der Waals surface area contributed by atoms with Gasteiger partial charge in [0.1, 0.15) is 5.78 Å². The highest BCUT2D eigenvalue weighted by Gasteiger charge is 2.07. The van der Waals surface area contributed by atoms with Gasteiger partial charge in [0.15, 0.2) is 0 Å². The van der Waals surface area contributed by atoms with Gasteiger partial charge in [0.05, 0.1) is 0 Å². The van der Waals surface area contributed by atoms with Gasteiger partial charge in [-0.25, -0.2) is 0 Å². The molecule has 0 fully saturated rings. The van der Waals surface area contributed by atoms with E-state index in [2.05, 4.69) is 0 Å². The molecule has 1 aromatic carbocycles. The van der Waals surface area contributed by atoms with Gasteiger partial charge in [-0.1, -0.05) is 30.7 Å². The van der Waals surface area contributed by atoms with Crippen LogP contribution in [0.2, 0.25) is 5.02 Å². The molecule has 1 aromatic rings. The number of hydrogen-bond acceptors (Lipinski definition) is 1. The summed E-state index contributed by atoms with van der Waals surface area (Å²) >= 11 is 5.74. The van der Waals surface area contributed by atoms with Crippen molar-refractivity contribution in [3.63, 3.8) is 0 Å². The zero-order chi connectivity index (χ0) is 9.84. The summed E-state index contributed by atoms with van der Waals surface area (Å²) in [6.45, 7) is 3.57. The lowest BCUT2D eigenvalue weighted by atomic mass is 9.98. The van der Waals surface area contributed by atoms with Crippen molar-refractivity contribution in [1.82, 2.24) is 0 Å². The Morgan fingerprint density at radius 1 is 1.38 bits per heavy atom. The van der Waals surface area contributed by atoms with Crippen molar-refractivity contribution in [2.24, 2.45) is 5.92 Å². The number of hydrogen-bond donors (Lipinski definition) is 0. The summed E-state index contributed by atoms with van der Waals surface area (Å²) in [5, 5.41) is 0.735. The molecular formula is C11H13ClO. The molecule has 0 saturated carbocycles. The van der Waals surface area contributed by atoms with Gasteiger partial charge in [0, 0.05) is 10.9 Å². The molecule has 1 atom stereocenters. The van der Waals surface area contributed by atoms with Crippen LogP contribution < -0.4 is 0 Å². The third kappa shape index (κ3) is 3.19. The first kappa shape index (κ1) is 10.3. The first-order valence-corrected chi connectivity index (χ1v) is 4.72. The molecule has 0 aliphatic carbocycles. The molecule has 0 N–H and O–H groups in total. The molecule has 0 heterocycles. The Morgan fingerprint density at radius 3 is 2.38 bits per heavy atom. The Hall–Kier alpha value is -0.820. The van der Waals surface area contributed by atoms with E-state index in [1.54, 1.807) is 6.92 Å². The minimum absolute atomic E-state index is 0.0983. The Bertz CT molecular complexity index is 289. The zero-order valence-electron chi connectivity index (χ0n) is 7.88. The van der Waals surface area contributed by atoms with Crippen LogP contribution in [-0.4, -0.2) is 5.78 Å². The van der Waals surface area contributed by atoms with Crippen molar-refractivity contribution < 1.29 is 4.79 Å². The van der Waals surface area contributed by atoms with E-state index in [1.165, 1.54) is 0 Å². The zero-order valence-corrected chi connectivity index (χ0v) is 8.64. The van der Waals surface area contributed by atoms with Gasteiger partial charge in [-0.15, -0.1) is 0 Å². The maximum Gasteiger partial charge on any atom is 0.132 e. The monoisotopic (exact) mass is 196 g/mol. The number of halogens is 1. The van der Waals surface area contributed by atoms with Crippen LogP contribution in [0.4, 0.5) is 0 Å². The van der Waals surface area contributed by atoms with Crippen LogP contribution in [0.1, 0.15) is 19.4 Å². The lowest BCUT2D eigenvalue weighted by Crippen LogP contribution is -2.09. The molecular weight excluding hydrogens is 184 g/mol. The number of benzene rings is 1. The van der Waals surface area contributed by atoms with E-state index in [1.807, 2.05) is 31.2 Å². The van der Waals surface area contributed by atoms with Crippen molar-refractivity contribution in [1.29, 1.82) is 0 Å². The number of rotatable bonds is 3. The molecule has 0 unspecified atom stereocenters. The van der Waals surface area contributed by atoms with Crippen LogP contribution in [0.15, 0.2) is 24.3 Å². The molecule has 0 aliphatic heterocycles. The first-order valence-electron chi connectivity index (χ1n) is 4.34. The van der Waals surface area contributed by atoms with Crippen LogP contribution >= 0.6 is 11.6 Å². The average molecular weight is 197 g/mol. The molecule has 1 nitrogen and oxygen atoms in total. The first-order chi connectivity index (χ1) is 6.09. The molecule has 0 aliphatic rings. The normalized spacial score (nSPS) is 12.5. The molecule has 13 heavy (non-hydrogen) atoms. The fraction of sp³-hybridized carbons (Fsp3) is 0.364. The van der Waals surface area contributed by atoms with Crippen LogP contribution in [0.5, 0.6) is 0 Å². The summed E-state index contributed by atoms with van der Waals surface area (Å²) in [7, 11) is 0. The van der Waals surface area contributed by atoms with Gasteiger partial charge < -0.3 is 0 Å². The highest BCUT2D eigenvalue weighted by molar-refractivity contribution is 6.30. The maximum absolute atomic E-state index is 11.0. The number of Topliss-reactive ketones (excluding diaryl/α,β-unsaturated/α-hetero) is 1. The highest BCUT2D eigenvalue weighted by Crippen LogP contribution is 2.13. The maximum atomic E-state index is 11.0. The number of carbonyl (C=O) groups excluding carboxylic acids is 1. The van der Waals surface area contributed by atoms with Crippen LogP contribution in [-0.2, 0) is 11.2 Å². The highest BCUT2D eigenvalue weighted by atomic mass is 35.5. The van der Waals surface area contributed by atoms with E-state index in [0.29, 0.717) is 0 Å². The third-order valence-corrected chi connectivity index (χ3v) is 2.40. The molecule has 1 rings (SSSR count). The molecule has 0 bridgehead atoms. The van der Waals surface area contributed by atoms with Gasteiger partial charge in [0.25, 0.3) is 0 Å². The van der Waals surface area contributed by atoms with Gasteiger partial charge in [-0.05, 0) is 31.0 Å². The number of carbonyl (C=O) groups is 1. The molecule has 0 spiro atoms. The minimum Gasteiger partial charge on any atom is -0.300 e. The van der Waals surface area contributed by atoms with Crippen LogP contribution in [0.25, 0.3) is 0 Å². The predicted molar refractivity (Wildman–Crippen MR) is 55.0 cm³/mol. The van der Waals surface area contributed by atoms with E-state index in [0.717, 1.165) is 17.0 Å². The molecule has 2 heteroatoms. The fourth-order valence-corrected chi connectivity index (χ4v) is 1.24. The van der Waals surface area contributed by atoms with E-state index in [9.17, 15) is 4.79 Å². The summed E-state index contributed by atoms with van der Waals surface area (Å²) in [6.07, 6.45) is 0.798. The van der Waals surface area contributed by atoms with Crippen LogP contribution in [0.3, 0.4) is 0 Å². The lowest BCUT2D eigenvalue weighted by Gasteiger charge is -2.06. The summed E-state index contributed by atoms with van der Waals surface area (Å²) in [5.74, 6) is 0.330. The topological polar surface area (TPSA) is 17.1 Å². The smallest absolute Gasteiger partial charge is 0.132 e. The largest absolute Gasteiger partial charge is 0.300 e. The summed E-state index contributed by atoms with van der Waals surface area (Å²) in [4.78, 5) is 11.0. The molecule has 70 valence electrons. The SMILES string of the molecule is CC(=O)[C@H](C)Cc1ccc(Cl)cc1. The van der Waals surface area contributed by atoms with Crippen molar-refractivity contribution in [2.45, 2.75) is 20.3 Å². The average Bonchev–Trinajstić information content (AvgIpc) is 2.08. The van der Waals surface area contributed by atoms with Crippen molar-refractivity contribution in [2.75, 3.05) is 0 Å². The van der Waals surface area contributed by atoms with Crippen molar-refractivity contribution in [3.05, 3.63) is 34.9 Å². The third-order valence-electron chi connectivity index (χ3n) is 2.15. The Labute approximate surface area is 83.7 Å². The predicted octanol–water partition coefficient (Wildman–Crippen LogP) is 3.11. The lowest BCUT2D eigenvalue weighted by molar-refractivity contribution is -0.120. The summed E-state index contributed by atoms with van der Waals surface area (Å²) in [6, 6.07) is 7.62. The van der Waals surface area contributed by atoms with Gasteiger partial charge in [-0.2, -0.15) is 0 Å². The molecule has 0 saturated heterocycles. The summed E-state index contributed by atoms with van der Waals surface area (Å²) in [5.41, 5.74) is 1.16. The second kappa shape index (κ2) is 4.43. The summed E-state index contributed by atoms with van der Waals surface area (Å²) < 4.78 is 0. The fourth-order valence-electron chi connectivity index (χ4n) is 1.12. The molecule has 0 amide bonds. The second-order valence-corrected chi connectivity index (χ2v) is 3.78. The van der Waals surface area contributed by atoms with E-state index in [4.69, 9.17) is 11.6 Å². The number of ketones is 1. The Morgan fingerprint density at radius 2 is 1.92 bits per heavy atom. The van der Waals surface area contributed by atoms with E-state index < -0.39 is 0 Å². The molecule has 0 radical (unpaired) electrons. The molecule has 0 aromatic heterocycles. The van der Waals surface area contributed by atoms with Crippen LogP contribution in [0, 0.1) is 5.92 Å². The minimum atomic E-state index is 0.0983. The van der Waals surface area contributed by atoms with Crippen molar-refractivity contribution in [3.8, 4) is 0 Å². The standard InChI is InChI=1S/C11H13ClO/c1-8(9(2)13)7-10-3-5-11(12)6-4-10/h3-6,8H,7H2,1-2H3/t8-/m1/s1. The van der Waals surface area contributed by atoms with Gasteiger partial charge in [-0.3, -0.25) is 4.79 Å². The van der Waals surface area contributed by atoms with Gasteiger partial charge in [0.2, 0.25) is 0 Å².